The molecule has 1 atom stereocenters. The predicted octanol–water partition coefficient (Wildman–Crippen LogP) is 3.87. The predicted molar refractivity (Wildman–Crippen MR) is 109 cm³/mol. The summed E-state index contributed by atoms with van der Waals surface area (Å²) in [4.78, 5) is 11.3. The first-order chi connectivity index (χ1) is 14.3. The highest BCUT2D eigenvalue weighted by molar-refractivity contribution is 5.82. The highest BCUT2D eigenvalue weighted by Gasteiger charge is 2.22. The van der Waals surface area contributed by atoms with Gasteiger partial charge in [-0.3, -0.25) is 4.98 Å². The van der Waals surface area contributed by atoms with Crippen LogP contribution >= 0.6 is 0 Å². The van der Waals surface area contributed by atoms with Gasteiger partial charge in [-0.15, -0.1) is 5.10 Å². The molecular weight excluding hydrogens is 366 g/mol. The Bertz CT molecular complexity index is 1060. The molecule has 1 aliphatic heterocycles. The average Bonchev–Trinajstić information content (AvgIpc) is 3.44. The molecule has 0 radical (unpaired) electrons. The topological polar surface area (TPSA) is 77.2 Å². The normalized spacial score (nSPS) is 16.3. The van der Waals surface area contributed by atoms with Gasteiger partial charge in [0.15, 0.2) is 5.76 Å². The van der Waals surface area contributed by atoms with E-state index in [9.17, 15) is 0 Å². The number of anilines is 1. The van der Waals surface area contributed by atoms with Crippen molar-refractivity contribution in [2.75, 3.05) is 18.1 Å². The third kappa shape index (κ3) is 3.95. The monoisotopic (exact) mass is 387 g/mol. The van der Waals surface area contributed by atoms with Crippen molar-refractivity contribution in [3.63, 3.8) is 0 Å². The van der Waals surface area contributed by atoms with Crippen LogP contribution in [0, 0.1) is 0 Å². The zero-order valence-electron chi connectivity index (χ0n) is 15.9. The molecule has 1 saturated heterocycles. The molecule has 0 bridgehead atoms. The molecule has 3 aromatic heterocycles. The lowest BCUT2D eigenvalue weighted by Crippen LogP contribution is -2.33. The molecule has 1 aromatic carbocycles. The molecule has 4 heterocycles. The summed E-state index contributed by atoms with van der Waals surface area (Å²) >= 11 is 0. The van der Waals surface area contributed by atoms with Gasteiger partial charge in [0.2, 0.25) is 5.95 Å². The van der Waals surface area contributed by atoms with Crippen LogP contribution in [0.5, 0.6) is 0 Å². The fraction of sp³-hybridized carbons (Fsp3) is 0.273. The minimum atomic E-state index is 0.164. The summed E-state index contributed by atoms with van der Waals surface area (Å²) < 4.78 is 11.8. The number of furan rings is 1. The maximum Gasteiger partial charge on any atom is 0.246 e. The molecule has 29 heavy (non-hydrogen) atoms. The van der Waals surface area contributed by atoms with E-state index < -0.39 is 0 Å². The van der Waals surface area contributed by atoms with Crippen molar-refractivity contribution in [2.24, 2.45) is 0 Å². The first-order valence-corrected chi connectivity index (χ1v) is 9.80. The smallest absolute Gasteiger partial charge is 0.246 e. The van der Waals surface area contributed by atoms with Crippen LogP contribution in [0.2, 0.25) is 0 Å². The quantitative estimate of drug-likeness (QED) is 0.497. The van der Waals surface area contributed by atoms with Crippen LogP contribution in [0.25, 0.3) is 22.4 Å². The van der Waals surface area contributed by atoms with Crippen LogP contribution in [-0.2, 0) is 11.3 Å². The fourth-order valence-corrected chi connectivity index (χ4v) is 3.59. The average molecular weight is 387 g/mol. The lowest BCUT2D eigenvalue weighted by Gasteiger charge is -2.24. The number of fused-ring (bicyclic) bond motifs is 1. The number of benzene rings is 1. The largest absolute Gasteiger partial charge is 0.454 e. The van der Waals surface area contributed by atoms with Crippen LogP contribution in [-0.4, -0.2) is 39.4 Å². The molecule has 0 spiro atoms. The van der Waals surface area contributed by atoms with Crippen LogP contribution in [0.4, 0.5) is 5.95 Å². The van der Waals surface area contributed by atoms with Gasteiger partial charge < -0.3 is 14.1 Å². The summed E-state index contributed by atoms with van der Waals surface area (Å²) in [6, 6.07) is 15.8. The van der Waals surface area contributed by atoms with Gasteiger partial charge in [-0.25, -0.2) is 4.98 Å². The van der Waals surface area contributed by atoms with Gasteiger partial charge >= 0.3 is 0 Å². The van der Waals surface area contributed by atoms with Crippen LogP contribution in [0.15, 0.2) is 65.3 Å². The lowest BCUT2D eigenvalue weighted by atomic mass is 10.2. The van der Waals surface area contributed by atoms with E-state index in [2.05, 4.69) is 20.1 Å². The summed E-state index contributed by atoms with van der Waals surface area (Å²) in [6.07, 6.45) is 5.71. The van der Waals surface area contributed by atoms with E-state index in [-0.39, 0.29) is 6.10 Å². The Labute approximate surface area is 168 Å². The summed E-state index contributed by atoms with van der Waals surface area (Å²) in [7, 11) is 0. The molecule has 0 N–H and O–H groups in total. The van der Waals surface area contributed by atoms with E-state index in [4.69, 9.17) is 14.1 Å². The third-order valence-corrected chi connectivity index (χ3v) is 5.04. The Kier molecular flexibility index (Phi) is 4.88. The van der Waals surface area contributed by atoms with Crippen LogP contribution < -0.4 is 4.90 Å². The molecule has 0 aliphatic carbocycles. The molecule has 1 unspecified atom stereocenters. The molecule has 4 aromatic rings. The molecule has 1 fully saturated rings. The van der Waals surface area contributed by atoms with E-state index in [0.29, 0.717) is 30.5 Å². The molecule has 0 amide bonds. The zero-order valence-corrected chi connectivity index (χ0v) is 15.9. The van der Waals surface area contributed by atoms with E-state index in [1.54, 1.807) is 12.4 Å². The third-order valence-electron chi connectivity index (χ3n) is 5.04. The lowest BCUT2D eigenvalue weighted by molar-refractivity contribution is 0.115. The molecule has 7 nitrogen and oxygen atoms in total. The molecule has 0 saturated carbocycles. The second kappa shape index (κ2) is 7.97. The van der Waals surface area contributed by atoms with Crippen molar-refractivity contribution in [3.05, 3.63) is 66.6 Å². The Morgan fingerprint density at radius 3 is 2.86 bits per heavy atom. The van der Waals surface area contributed by atoms with Crippen molar-refractivity contribution >= 4 is 16.9 Å². The minimum Gasteiger partial charge on any atom is -0.454 e. The van der Waals surface area contributed by atoms with Gasteiger partial charge in [0.25, 0.3) is 0 Å². The van der Waals surface area contributed by atoms with E-state index in [1.165, 1.54) is 0 Å². The van der Waals surface area contributed by atoms with Crippen molar-refractivity contribution in [1.29, 1.82) is 0 Å². The Morgan fingerprint density at radius 1 is 1.10 bits per heavy atom. The Balaban J connectivity index is 1.47. The van der Waals surface area contributed by atoms with Gasteiger partial charge in [0, 0.05) is 24.7 Å². The van der Waals surface area contributed by atoms with Crippen molar-refractivity contribution < 1.29 is 9.15 Å². The summed E-state index contributed by atoms with van der Waals surface area (Å²) in [5.74, 6) is 1.22. The molecule has 146 valence electrons. The fourth-order valence-electron chi connectivity index (χ4n) is 3.59. The van der Waals surface area contributed by atoms with E-state index in [0.717, 1.165) is 36.1 Å². The number of ether oxygens (including phenoxy) is 1. The molecule has 7 heteroatoms. The van der Waals surface area contributed by atoms with E-state index in [1.807, 2.05) is 48.5 Å². The van der Waals surface area contributed by atoms with Crippen molar-refractivity contribution in [3.8, 4) is 11.5 Å². The number of hydrogen-bond donors (Lipinski definition) is 0. The number of aromatic nitrogens is 4. The van der Waals surface area contributed by atoms with Crippen molar-refractivity contribution in [1.82, 2.24) is 20.2 Å². The number of hydrogen-bond acceptors (Lipinski definition) is 7. The maximum atomic E-state index is 5.95. The molecule has 5 rings (SSSR count). The standard InChI is InChI=1S/C22H21N5O2/c1-2-9-20-16(6-1)12-21(29-20)19-13-24-26-22(25-19)27(15-18-8-5-11-28-18)14-17-7-3-4-10-23-17/h1-4,6-7,9-10,12-13,18H,5,8,11,14-15H2. The molecular formula is C22H21N5O2. The second-order valence-electron chi connectivity index (χ2n) is 7.13. The van der Waals surface area contributed by atoms with Gasteiger partial charge in [0.1, 0.15) is 11.3 Å². The van der Waals surface area contributed by atoms with Gasteiger partial charge in [-0.05, 0) is 37.1 Å². The van der Waals surface area contributed by atoms with Gasteiger partial charge in [-0.1, -0.05) is 24.3 Å². The van der Waals surface area contributed by atoms with E-state index >= 15 is 0 Å². The molecule has 1 aliphatic rings. The van der Waals surface area contributed by atoms with Crippen molar-refractivity contribution in [2.45, 2.75) is 25.5 Å². The maximum absolute atomic E-state index is 5.95. The van der Waals surface area contributed by atoms with Gasteiger partial charge in [-0.2, -0.15) is 5.10 Å². The Hall–Kier alpha value is -3.32. The Morgan fingerprint density at radius 2 is 2.03 bits per heavy atom. The van der Waals surface area contributed by atoms with Crippen LogP contribution in [0.3, 0.4) is 0 Å². The summed E-state index contributed by atoms with van der Waals surface area (Å²) in [5.41, 5.74) is 2.43. The number of nitrogens with zero attached hydrogens (tertiary/aromatic N) is 5. The SMILES string of the molecule is c1ccc(CN(CC2CCCO2)c2nncc(-c3cc4ccccc4o3)n2)nc1. The summed E-state index contributed by atoms with van der Waals surface area (Å²) in [6.45, 7) is 2.09. The summed E-state index contributed by atoms with van der Waals surface area (Å²) in [5, 5.41) is 9.52. The minimum absolute atomic E-state index is 0.164. The first kappa shape index (κ1) is 17.8. The number of rotatable bonds is 6. The van der Waals surface area contributed by atoms with Gasteiger partial charge in [0.05, 0.1) is 24.5 Å². The highest BCUT2D eigenvalue weighted by atomic mass is 16.5. The van der Waals surface area contributed by atoms with Crippen LogP contribution in [0.1, 0.15) is 18.5 Å². The second-order valence-corrected chi connectivity index (χ2v) is 7.13. The number of pyridine rings is 1. The first-order valence-electron chi connectivity index (χ1n) is 9.80. The highest BCUT2D eigenvalue weighted by Crippen LogP contribution is 2.27. The zero-order chi connectivity index (χ0) is 19.5. The number of para-hydroxylation sites is 1.